The van der Waals surface area contributed by atoms with Crippen LogP contribution in [-0.4, -0.2) is 88.8 Å². The summed E-state index contributed by atoms with van der Waals surface area (Å²) >= 11 is 0. The van der Waals surface area contributed by atoms with Gasteiger partial charge in [-0.05, 0) is 36.6 Å². The summed E-state index contributed by atoms with van der Waals surface area (Å²) < 4.78 is 37.0. The van der Waals surface area contributed by atoms with E-state index in [1.807, 2.05) is 25.2 Å². The lowest BCUT2D eigenvalue weighted by molar-refractivity contribution is -0.192. The molecule has 0 bridgehead atoms. The van der Waals surface area contributed by atoms with Gasteiger partial charge in [-0.15, -0.1) is 0 Å². The number of carboxylic acid groups (broad SMARTS) is 1. The maximum atomic E-state index is 13.1. The molecule has 0 radical (unpaired) electrons. The summed E-state index contributed by atoms with van der Waals surface area (Å²) in [6.07, 6.45) is 0.516. The maximum Gasteiger partial charge on any atom is 0.490 e. The molecule has 37 heavy (non-hydrogen) atoms. The Hall–Kier alpha value is -3.41. The second kappa shape index (κ2) is 10.5. The Kier molecular flexibility index (Phi) is 7.58. The molecule has 4 heterocycles. The van der Waals surface area contributed by atoms with Gasteiger partial charge in [0.25, 0.3) is 0 Å². The van der Waals surface area contributed by atoms with E-state index in [0.717, 1.165) is 57.3 Å². The van der Waals surface area contributed by atoms with Crippen LogP contribution in [0.3, 0.4) is 0 Å². The van der Waals surface area contributed by atoms with E-state index in [1.54, 1.807) is 19.5 Å². The van der Waals surface area contributed by atoms with Crippen molar-refractivity contribution in [1.82, 2.24) is 19.8 Å². The number of carbonyl (C=O) groups is 2. The maximum absolute atomic E-state index is 13.1. The molecule has 1 amide bonds. The Morgan fingerprint density at radius 3 is 2.27 bits per heavy atom. The Morgan fingerprint density at radius 2 is 1.73 bits per heavy atom. The van der Waals surface area contributed by atoms with Gasteiger partial charge in [0.2, 0.25) is 11.9 Å². The zero-order valence-electron chi connectivity index (χ0n) is 20.7. The molecule has 2 aromatic rings. The molecule has 1 aromatic carbocycles. The number of likely N-dealkylation sites (tertiary alicyclic amines) is 2. The van der Waals surface area contributed by atoms with Crippen molar-refractivity contribution in [3.05, 3.63) is 48.3 Å². The fourth-order valence-electron chi connectivity index (χ4n) is 5.73. The van der Waals surface area contributed by atoms with E-state index in [-0.39, 0.29) is 11.5 Å². The molecule has 1 N–H and O–H groups in total. The number of carbonyl (C=O) groups excluding carboxylic acids is 1. The van der Waals surface area contributed by atoms with Gasteiger partial charge in [0.15, 0.2) is 0 Å². The Morgan fingerprint density at radius 1 is 1.14 bits per heavy atom. The molecule has 3 saturated heterocycles. The quantitative estimate of drug-likeness (QED) is 0.656. The Balaban J connectivity index is 0.000000405. The summed E-state index contributed by atoms with van der Waals surface area (Å²) in [5.41, 5.74) is 1.26. The summed E-state index contributed by atoms with van der Waals surface area (Å²) in [4.78, 5) is 37.6. The van der Waals surface area contributed by atoms with Crippen molar-refractivity contribution in [2.45, 2.75) is 31.1 Å². The predicted molar refractivity (Wildman–Crippen MR) is 128 cm³/mol. The highest BCUT2D eigenvalue weighted by Crippen LogP contribution is 2.49. The SMILES string of the molecule is COc1ccc(CN2CCC3(CC2)[C@@H]2CN(c4ncccn4)C[C@@H]2C(=O)N3C)cc1.O=C(O)C(F)(F)F. The van der Waals surface area contributed by atoms with Crippen LogP contribution in [0.25, 0.3) is 0 Å². The third kappa shape index (κ3) is 5.48. The predicted octanol–water partition coefficient (Wildman–Crippen LogP) is 2.68. The molecule has 200 valence electrons. The van der Waals surface area contributed by atoms with E-state index in [0.29, 0.717) is 11.8 Å². The van der Waals surface area contributed by atoms with Crippen LogP contribution in [0.4, 0.5) is 19.1 Å². The number of anilines is 1. The number of benzene rings is 1. The summed E-state index contributed by atoms with van der Waals surface area (Å²) in [6, 6.07) is 10.2. The molecule has 3 aliphatic heterocycles. The second-order valence-corrected chi connectivity index (χ2v) is 9.59. The van der Waals surface area contributed by atoms with E-state index in [1.165, 1.54) is 5.56 Å². The molecule has 3 aliphatic rings. The lowest BCUT2D eigenvalue weighted by Gasteiger charge is -2.46. The minimum atomic E-state index is -5.08. The molecular weight excluding hydrogens is 491 g/mol. The molecule has 0 saturated carbocycles. The van der Waals surface area contributed by atoms with Gasteiger partial charge >= 0.3 is 12.1 Å². The molecule has 12 heteroatoms. The summed E-state index contributed by atoms with van der Waals surface area (Å²) in [5, 5.41) is 7.12. The third-order valence-electron chi connectivity index (χ3n) is 7.69. The van der Waals surface area contributed by atoms with Gasteiger partial charge < -0.3 is 19.6 Å². The van der Waals surface area contributed by atoms with Crippen molar-refractivity contribution in [2.75, 3.05) is 45.2 Å². The van der Waals surface area contributed by atoms with Gasteiger partial charge in [-0.25, -0.2) is 14.8 Å². The first-order chi connectivity index (χ1) is 17.5. The third-order valence-corrected chi connectivity index (χ3v) is 7.69. The van der Waals surface area contributed by atoms with Crippen molar-refractivity contribution in [2.24, 2.45) is 11.8 Å². The number of amides is 1. The van der Waals surface area contributed by atoms with Crippen LogP contribution in [0.1, 0.15) is 18.4 Å². The second-order valence-electron chi connectivity index (χ2n) is 9.59. The molecule has 3 fully saturated rings. The van der Waals surface area contributed by atoms with Crippen LogP contribution in [0.15, 0.2) is 42.7 Å². The first-order valence-electron chi connectivity index (χ1n) is 12.0. The number of ether oxygens (including phenoxy) is 1. The Bertz CT molecular complexity index is 1090. The van der Waals surface area contributed by atoms with Gasteiger partial charge in [0.05, 0.1) is 18.6 Å². The molecule has 5 rings (SSSR count). The standard InChI is InChI=1S/C23H29N5O2.C2HF3O2/c1-26-21(29)19-15-28(22-24-10-3-11-25-22)16-20(19)23(26)8-12-27(13-9-23)14-17-4-6-18(30-2)7-5-17;3-2(4,5)1(6)7/h3-7,10-11,19-20H,8-9,12-16H2,1-2H3;(H,6,7)/t19-,20+;/m0./s1. The number of alkyl halides is 3. The number of rotatable bonds is 4. The van der Waals surface area contributed by atoms with Crippen molar-refractivity contribution >= 4 is 17.8 Å². The first-order valence-corrected chi connectivity index (χ1v) is 12.0. The smallest absolute Gasteiger partial charge is 0.490 e. The van der Waals surface area contributed by atoms with E-state index in [4.69, 9.17) is 14.6 Å². The highest BCUT2D eigenvalue weighted by molar-refractivity contribution is 5.84. The average Bonchev–Trinajstić information content (AvgIpc) is 3.41. The number of halogens is 3. The number of nitrogens with zero attached hydrogens (tertiary/aromatic N) is 5. The van der Waals surface area contributed by atoms with Gasteiger partial charge in [0, 0.05) is 58.1 Å². The zero-order valence-corrected chi connectivity index (χ0v) is 20.7. The van der Waals surface area contributed by atoms with Crippen molar-refractivity contribution in [3.8, 4) is 5.75 Å². The lowest BCUT2D eigenvalue weighted by Crippen LogP contribution is -2.55. The fraction of sp³-hybridized carbons (Fsp3) is 0.520. The highest BCUT2D eigenvalue weighted by atomic mass is 19.4. The molecule has 0 aliphatic carbocycles. The zero-order chi connectivity index (χ0) is 26.8. The van der Waals surface area contributed by atoms with E-state index < -0.39 is 12.1 Å². The van der Waals surface area contributed by atoms with E-state index >= 15 is 0 Å². The number of piperidine rings is 1. The molecular formula is C25H30F3N5O4. The number of aromatic nitrogens is 2. The number of fused-ring (bicyclic) bond motifs is 2. The average molecular weight is 522 g/mol. The number of carboxylic acids is 1. The summed E-state index contributed by atoms with van der Waals surface area (Å²) in [7, 11) is 3.71. The molecule has 2 atom stereocenters. The fourth-order valence-corrected chi connectivity index (χ4v) is 5.73. The molecule has 1 spiro atoms. The minimum absolute atomic E-state index is 0.0400. The van der Waals surface area contributed by atoms with Crippen molar-refractivity contribution < 1.29 is 32.6 Å². The number of methoxy groups -OCH3 is 1. The minimum Gasteiger partial charge on any atom is -0.497 e. The van der Waals surface area contributed by atoms with Crippen LogP contribution >= 0.6 is 0 Å². The first kappa shape index (κ1) is 26.6. The highest BCUT2D eigenvalue weighted by Gasteiger charge is 2.60. The van der Waals surface area contributed by atoms with Crippen LogP contribution in [-0.2, 0) is 16.1 Å². The summed E-state index contributed by atoms with van der Waals surface area (Å²) in [6.45, 7) is 4.55. The topological polar surface area (TPSA) is 99.1 Å². The molecule has 1 aromatic heterocycles. The Labute approximate surface area is 212 Å². The number of hydrogen-bond donors (Lipinski definition) is 1. The van der Waals surface area contributed by atoms with E-state index in [2.05, 4.69) is 36.8 Å². The van der Waals surface area contributed by atoms with E-state index in [9.17, 15) is 18.0 Å². The largest absolute Gasteiger partial charge is 0.497 e. The normalized spacial score (nSPS) is 23.0. The number of hydrogen-bond acceptors (Lipinski definition) is 7. The van der Waals surface area contributed by atoms with Crippen LogP contribution in [0.2, 0.25) is 0 Å². The van der Waals surface area contributed by atoms with Crippen LogP contribution in [0.5, 0.6) is 5.75 Å². The number of aliphatic carboxylic acids is 1. The van der Waals surface area contributed by atoms with Gasteiger partial charge in [-0.3, -0.25) is 9.69 Å². The van der Waals surface area contributed by atoms with Crippen LogP contribution < -0.4 is 9.64 Å². The lowest BCUT2D eigenvalue weighted by atomic mass is 9.75. The van der Waals surface area contributed by atoms with Crippen molar-refractivity contribution in [1.29, 1.82) is 0 Å². The molecule has 0 unspecified atom stereocenters. The molecule has 9 nitrogen and oxygen atoms in total. The monoisotopic (exact) mass is 521 g/mol. The van der Waals surface area contributed by atoms with Gasteiger partial charge in [0.1, 0.15) is 5.75 Å². The van der Waals surface area contributed by atoms with Crippen molar-refractivity contribution in [3.63, 3.8) is 0 Å². The van der Waals surface area contributed by atoms with Gasteiger partial charge in [-0.1, -0.05) is 12.1 Å². The van der Waals surface area contributed by atoms with Crippen LogP contribution in [0, 0.1) is 11.8 Å². The summed E-state index contributed by atoms with van der Waals surface area (Å²) in [5.74, 6) is -0.417. The van der Waals surface area contributed by atoms with Gasteiger partial charge in [-0.2, -0.15) is 13.2 Å².